The largest absolute Gasteiger partial charge is 0.479 e. The normalized spacial score (nSPS) is 24.0. The van der Waals surface area contributed by atoms with Gasteiger partial charge < -0.3 is 20.1 Å². The Hall–Kier alpha value is -1.30. The number of likely N-dealkylation sites (tertiary alicyclic amines) is 1. The molecular formula is C16H30N2O4. The molecule has 22 heavy (non-hydrogen) atoms. The van der Waals surface area contributed by atoms with Gasteiger partial charge in [0.25, 0.3) is 0 Å². The van der Waals surface area contributed by atoms with Gasteiger partial charge in [0.2, 0.25) is 0 Å². The second-order valence-electron chi connectivity index (χ2n) is 7.39. The Kier molecular flexibility index (Phi) is 6.23. The Morgan fingerprint density at radius 2 is 2.05 bits per heavy atom. The molecule has 6 heteroatoms. The number of carboxylic acid groups (broad SMARTS) is 1. The van der Waals surface area contributed by atoms with Crippen LogP contribution >= 0.6 is 0 Å². The maximum absolute atomic E-state index is 11.9. The first kappa shape index (κ1) is 18.7. The molecule has 1 amide bonds. The van der Waals surface area contributed by atoms with Gasteiger partial charge in [0.1, 0.15) is 5.60 Å². The van der Waals surface area contributed by atoms with Crippen LogP contribution in [0.4, 0.5) is 4.79 Å². The number of aliphatic carboxylic acids is 1. The van der Waals surface area contributed by atoms with Gasteiger partial charge in [-0.15, -0.1) is 0 Å². The molecule has 1 heterocycles. The van der Waals surface area contributed by atoms with E-state index in [4.69, 9.17) is 4.74 Å². The number of nitrogens with one attached hydrogen (secondary N) is 1. The summed E-state index contributed by atoms with van der Waals surface area (Å²) in [5.74, 6) is -0.472. The number of nitrogens with zero attached hydrogens (tertiary/aromatic N) is 1. The fourth-order valence-electron chi connectivity index (χ4n) is 2.90. The van der Waals surface area contributed by atoms with E-state index in [9.17, 15) is 14.7 Å². The molecular weight excluding hydrogens is 284 g/mol. The molecule has 2 unspecified atom stereocenters. The average Bonchev–Trinajstić information content (AvgIpc) is 2.71. The van der Waals surface area contributed by atoms with Gasteiger partial charge in [-0.3, -0.25) is 0 Å². The number of carboxylic acids is 1. The summed E-state index contributed by atoms with van der Waals surface area (Å²) in [5, 5.41) is 12.2. The zero-order valence-electron chi connectivity index (χ0n) is 14.4. The van der Waals surface area contributed by atoms with Gasteiger partial charge in [-0.1, -0.05) is 20.3 Å². The SMILES string of the molecule is CCCC(C)CN1CCC(NC(=O)OC(C)(C)C)(C(=O)O)C1. The summed E-state index contributed by atoms with van der Waals surface area (Å²) in [7, 11) is 0. The molecule has 0 spiro atoms. The number of carbonyl (C=O) groups excluding carboxylic acids is 1. The standard InChI is InChI=1S/C16H30N2O4/c1-6-7-12(2)10-18-9-8-16(11-18,13(19)20)17-14(21)22-15(3,4)5/h12H,6-11H2,1-5H3,(H,17,21)(H,19,20). The predicted octanol–water partition coefficient (Wildman–Crippen LogP) is 2.48. The predicted molar refractivity (Wildman–Crippen MR) is 84.9 cm³/mol. The van der Waals surface area contributed by atoms with E-state index in [0.717, 1.165) is 19.4 Å². The Bertz CT molecular complexity index is 405. The summed E-state index contributed by atoms with van der Waals surface area (Å²) in [6, 6.07) is 0. The van der Waals surface area contributed by atoms with Gasteiger partial charge in [0.05, 0.1) is 0 Å². The van der Waals surface area contributed by atoms with Gasteiger partial charge in [-0.25, -0.2) is 9.59 Å². The molecule has 0 radical (unpaired) electrons. The summed E-state index contributed by atoms with van der Waals surface area (Å²) >= 11 is 0. The van der Waals surface area contributed by atoms with Crippen molar-refractivity contribution in [2.24, 2.45) is 5.92 Å². The van der Waals surface area contributed by atoms with Crippen LogP contribution in [0.2, 0.25) is 0 Å². The Morgan fingerprint density at radius 1 is 1.41 bits per heavy atom. The maximum atomic E-state index is 11.9. The van der Waals surface area contributed by atoms with E-state index in [1.54, 1.807) is 20.8 Å². The van der Waals surface area contributed by atoms with Crippen molar-refractivity contribution in [2.45, 2.75) is 65.0 Å². The van der Waals surface area contributed by atoms with Crippen molar-refractivity contribution >= 4 is 12.1 Å². The molecule has 2 atom stereocenters. The second kappa shape index (κ2) is 7.31. The van der Waals surface area contributed by atoms with E-state index in [-0.39, 0.29) is 0 Å². The van der Waals surface area contributed by atoms with E-state index in [1.807, 2.05) is 0 Å². The summed E-state index contributed by atoms with van der Waals surface area (Å²) in [6.45, 7) is 11.5. The minimum absolute atomic E-state index is 0.329. The highest BCUT2D eigenvalue weighted by atomic mass is 16.6. The highest BCUT2D eigenvalue weighted by molar-refractivity contribution is 5.85. The van der Waals surface area contributed by atoms with Crippen molar-refractivity contribution < 1.29 is 19.4 Å². The van der Waals surface area contributed by atoms with Crippen molar-refractivity contribution in [3.8, 4) is 0 Å². The van der Waals surface area contributed by atoms with E-state index >= 15 is 0 Å². The number of hydrogen-bond acceptors (Lipinski definition) is 4. The van der Waals surface area contributed by atoms with Gasteiger partial charge in [0, 0.05) is 19.6 Å². The van der Waals surface area contributed by atoms with Crippen LogP contribution in [0.3, 0.4) is 0 Å². The van der Waals surface area contributed by atoms with Crippen LogP contribution in [0.15, 0.2) is 0 Å². The van der Waals surface area contributed by atoms with Crippen LogP contribution in [0, 0.1) is 5.92 Å². The minimum Gasteiger partial charge on any atom is -0.479 e. The molecule has 1 rings (SSSR count). The Labute approximate surface area is 133 Å². The van der Waals surface area contributed by atoms with Crippen molar-refractivity contribution in [3.63, 3.8) is 0 Å². The second-order valence-corrected chi connectivity index (χ2v) is 7.39. The maximum Gasteiger partial charge on any atom is 0.408 e. The number of amides is 1. The fraction of sp³-hybridized carbons (Fsp3) is 0.875. The molecule has 0 aromatic heterocycles. The zero-order valence-corrected chi connectivity index (χ0v) is 14.4. The third-order valence-electron chi connectivity index (χ3n) is 3.85. The van der Waals surface area contributed by atoms with Crippen molar-refractivity contribution in [1.29, 1.82) is 0 Å². The van der Waals surface area contributed by atoms with Gasteiger partial charge in [-0.2, -0.15) is 0 Å². The smallest absolute Gasteiger partial charge is 0.408 e. The topological polar surface area (TPSA) is 78.9 Å². The molecule has 0 aromatic rings. The minimum atomic E-state index is -1.24. The molecule has 1 saturated heterocycles. The third-order valence-corrected chi connectivity index (χ3v) is 3.85. The first-order valence-corrected chi connectivity index (χ1v) is 8.05. The van der Waals surface area contributed by atoms with Crippen LogP contribution < -0.4 is 5.32 Å². The van der Waals surface area contributed by atoms with Gasteiger partial charge in [-0.05, 0) is 39.5 Å². The summed E-state index contributed by atoms with van der Waals surface area (Å²) in [5.41, 5.74) is -1.88. The number of rotatable bonds is 6. The average molecular weight is 314 g/mol. The molecule has 6 nitrogen and oxygen atoms in total. The highest BCUT2D eigenvalue weighted by Crippen LogP contribution is 2.24. The molecule has 128 valence electrons. The highest BCUT2D eigenvalue weighted by Gasteiger charge is 2.47. The molecule has 0 saturated carbocycles. The van der Waals surface area contributed by atoms with Gasteiger partial charge >= 0.3 is 12.1 Å². The molecule has 1 aliphatic heterocycles. The number of carbonyl (C=O) groups is 2. The lowest BCUT2D eigenvalue weighted by atomic mass is 9.99. The van der Waals surface area contributed by atoms with Crippen LogP contribution in [0.1, 0.15) is 53.9 Å². The van der Waals surface area contributed by atoms with Crippen LogP contribution in [-0.4, -0.2) is 52.8 Å². The fourth-order valence-corrected chi connectivity index (χ4v) is 2.90. The van der Waals surface area contributed by atoms with Crippen molar-refractivity contribution in [3.05, 3.63) is 0 Å². The molecule has 0 bridgehead atoms. The third kappa shape index (κ3) is 5.48. The Morgan fingerprint density at radius 3 is 2.55 bits per heavy atom. The van der Waals surface area contributed by atoms with Crippen LogP contribution in [-0.2, 0) is 9.53 Å². The molecule has 2 N–H and O–H groups in total. The number of ether oxygens (including phenoxy) is 1. The molecule has 0 aliphatic carbocycles. The summed E-state index contributed by atoms with van der Waals surface area (Å²) in [6.07, 6.45) is 1.98. The number of hydrogen-bond donors (Lipinski definition) is 2. The van der Waals surface area contributed by atoms with E-state index < -0.39 is 23.2 Å². The lowest BCUT2D eigenvalue weighted by Crippen LogP contribution is -2.57. The van der Waals surface area contributed by atoms with Crippen LogP contribution in [0.5, 0.6) is 0 Å². The van der Waals surface area contributed by atoms with Crippen molar-refractivity contribution in [2.75, 3.05) is 19.6 Å². The van der Waals surface area contributed by atoms with E-state index in [2.05, 4.69) is 24.1 Å². The van der Waals surface area contributed by atoms with E-state index in [0.29, 0.717) is 25.4 Å². The monoisotopic (exact) mass is 314 g/mol. The zero-order chi connectivity index (χ0) is 17.0. The van der Waals surface area contributed by atoms with Crippen molar-refractivity contribution in [1.82, 2.24) is 10.2 Å². The molecule has 1 aliphatic rings. The molecule has 1 fully saturated rings. The lowest BCUT2D eigenvalue weighted by Gasteiger charge is -2.29. The lowest BCUT2D eigenvalue weighted by molar-refractivity contribution is -0.144. The number of alkyl carbamates (subject to hydrolysis) is 1. The summed E-state index contributed by atoms with van der Waals surface area (Å²) < 4.78 is 5.20. The first-order chi connectivity index (χ1) is 10.1. The Balaban J connectivity index is 2.67. The summed E-state index contributed by atoms with van der Waals surface area (Å²) in [4.78, 5) is 25.7. The quantitative estimate of drug-likeness (QED) is 0.787. The van der Waals surface area contributed by atoms with Crippen LogP contribution in [0.25, 0.3) is 0 Å². The van der Waals surface area contributed by atoms with Gasteiger partial charge in [0.15, 0.2) is 5.54 Å². The molecule has 0 aromatic carbocycles. The first-order valence-electron chi connectivity index (χ1n) is 8.05. The van der Waals surface area contributed by atoms with E-state index in [1.165, 1.54) is 0 Å².